The lowest BCUT2D eigenvalue weighted by Gasteiger charge is -2.18. The molecule has 0 aliphatic heterocycles. The summed E-state index contributed by atoms with van der Waals surface area (Å²) < 4.78 is 16.7. The van der Waals surface area contributed by atoms with Crippen molar-refractivity contribution in [3.05, 3.63) is 134 Å². The molecule has 0 aliphatic rings. The van der Waals surface area contributed by atoms with Gasteiger partial charge in [0.25, 0.3) is 0 Å². The first-order valence-corrected chi connectivity index (χ1v) is 27.2. The van der Waals surface area contributed by atoms with Crippen LogP contribution in [0.4, 0.5) is 0 Å². The van der Waals surface area contributed by atoms with E-state index >= 15 is 0 Å². The van der Waals surface area contributed by atoms with E-state index in [4.69, 9.17) is 14.2 Å². The monoisotopic (exact) mass is 939 g/mol. The minimum atomic E-state index is -0.833. The average molecular weight is 939 g/mol. The zero-order valence-corrected chi connectivity index (χ0v) is 43.6. The number of allylic oxidation sites excluding steroid dienone is 22. The summed E-state index contributed by atoms with van der Waals surface area (Å²) in [5, 5.41) is 0. The fourth-order valence-corrected chi connectivity index (χ4v) is 6.93. The molecule has 0 N–H and O–H groups in total. The maximum Gasteiger partial charge on any atom is 0.306 e. The van der Waals surface area contributed by atoms with Gasteiger partial charge in [-0.2, -0.15) is 0 Å². The minimum absolute atomic E-state index is 0.123. The molecule has 0 saturated heterocycles. The number of hydrogen-bond acceptors (Lipinski definition) is 6. The number of unbranched alkanes of at least 4 members (excludes halogenated alkanes) is 17. The van der Waals surface area contributed by atoms with E-state index in [1.54, 1.807) is 0 Å². The van der Waals surface area contributed by atoms with Crippen molar-refractivity contribution in [3.8, 4) is 0 Å². The zero-order valence-electron chi connectivity index (χ0n) is 43.6. The number of hydrogen-bond donors (Lipinski definition) is 0. The number of esters is 3. The molecule has 0 fully saturated rings. The first-order chi connectivity index (χ1) is 33.5. The fourth-order valence-electron chi connectivity index (χ4n) is 6.93. The largest absolute Gasteiger partial charge is 0.462 e. The molecule has 1 atom stereocenters. The summed E-state index contributed by atoms with van der Waals surface area (Å²) in [6.07, 6.45) is 77.3. The Balaban J connectivity index is 4.58. The molecular weight excluding hydrogens is 841 g/mol. The van der Waals surface area contributed by atoms with Crippen LogP contribution in [0.2, 0.25) is 0 Å². The molecule has 6 heteroatoms. The highest BCUT2D eigenvalue weighted by Gasteiger charge is 2.19. The van der Waals surface area contributed by atoms with Crippen LogP contribution in [0.15, 0.2) is 134 Å². The third-order valence-electron chi connectivity index (χ3n) is 11.0. The maximum atomic E-state index is 12.8. The topological polar surface area (TPSA) is 78.9 Å². The molecule has 0 aliphatic carbocycles. The number of carbonyl (C=O) groups excluding carboxylic acids is 3. The molecule has 0 aromatic carbocycles. The highest BCUT2D eigenvalue weighted by molar-refractivity contribution is 5.71. The normalized spacial score (nSPS) is 13.2. The van der Waals surface area contributed by atoms with Crippen molar-refractivity contribution in [2.75, 3.05) is 13.2 Å². The van der Waals surface area contributed by atoms with Crippen LogP contribution in [0.5, 0.6) is 0 Å². The second-order valence-electron chi connectivity index (χ2n) is 17.5. The molecule has 68 heavy (non-hydrogen) atoms. The second-order valence-corrected chi connectivity index (χ2v) is 17.5. The Kier molecular flexibility index (Phi) is 51.5. The van der Waals surface area contributed by atoms with Crippen LogP contribution in [0, 0.1) is 0 Å². The minimum Gasteiger partial charge on any atom is -0.462 e. The molecular formula is C62H98O6. The average Bonchev–Trinajstić information content (AvgIpc) is 3.34. The summed E-state index contributed by atoms with van der Waals surface area (Å²) in [6.45, 7) is 6.28. The van der Waals surface area contributed by atoms with Gasteiger partial charge in [0, 0.05) is 19.3 Å². The van der Waals surface area contributed by atoms with Gasteiger partial charge >= 0.3 is 17.9 Å². The fraction of sp³-hybridized carbons (Fsp3) is 0.597. The standard InChI is InChI=1S/C62H98O6/c1-4-7-10-13-16-19-22-25-28-30-31-32-35-37-40-43-46-49-52-55-61(64)67-58-59(57-66-60(63)54-51-48-45-42-39-36-33-27-24-21-18-15-12-9-6-3)68-62(65)56-53-50-47-44-41-38-34-29-26-23-20-17-14-11-8-5-2/h7,9-10,12,15-16,18-19,21,24-25,28-29,31-32,34,37-38,40-41,46,49,59H,4-6,8,11,13-14,17,20,22-23,26-27,30,33,35-36,39,42-45,47-48,50-58H2,1-3H3/b10-7-,12-9-,18-15-,19-16-,24-21-,28-25-,32-31-,34-29-,40-37-,41-38-,49-46-. The summed E-state index contributed by atoms with van der Waals surface area (Å²) >= 11 is 0. The Morgan fingerprint density at radius 1 is 0.324 bits per heavy atom. The van der Waals surface area contributed by atoms with Crippen LogP contribution in [0.25, 0.3) is 0 Å². The Hall–Kier alpha value is -4.45. The molecule has 0 bridgehead atoms. The van der Waals surface area contributed by atoms with Crippen LogP contribution < -0.4 is 0 Å². The summed E-state index contributed by atoms with van der Waals surface area (Å²) in [5.41, 5.74) is 0. The van der Waals surface area contributed by atoms with Gasteiger partial charge in [0.05, 0.1) is 0 Å². The molecule has 0 heterocycles. The quantitative estimate of drug-likeness (QED) is 0.0199. The Morgan fingerprint density at radius 2 is 0.676 bits per heavy atom. The molecule has 1 unspecified atom stereocenters. The van der Waals surface area contributed by atoms with E-state index in [1.807, 2.05) is 12.2 Å². The van der Waals surface area contributed by atoms with Gasteiger partial charge < -0.3 is 14.2 Å². The smallest absolute Gasteiger partial charge is 0.306 e. The van der Waals surface area contributed by atoms with E-state index in [9.17, 15) is 14.4 Å². The predicted molar refractivity (Wildman–Crippen MR) is 292 cm³/mol. The van der Waals surface area contributed by atoms with Crippen molar-refractivity contribution >= 4 is 17.9 Å². The van der Waals surface area contributed by atoms with Crippen LogP contribution >= 0.6 is 0 Å². The molecule has 0 radical (unpaired) electrons. The van der Waals surface area contributed by atoms with Gasteiger partial charge in [0.2, 0.25) is 0 Å². The summed E-state index contributed by atoms with van der Waals surface area (Å²) in [4.78, 5) is 38.1. The highest BCUT2D eigenvalue weighted by Crippen LogP contribution is 2.13. The van der Waals surface area contributed by atoms with Gasteiger partial charge in [-0.05, 0) is 103 Å². The van der Waals surface area contributed by atoms with E-state index in [0.717, 1.165) is 103 Å². The summed E-state index contributed by atoms with van der Waals surface area (Å²) in [5.74, 6) is -1.06. The molecule has 382 valence electrons. The number of rotatable bonds is 47. The number of carbonyl (C=O) groups is 3. The van der Waals surface area contributed by atoms with Crippen LogP contribution in [-0.2, 0) is 28.6 Å². The van der Waals surface area contributed by atoms with Gasteiger partial charge in [-0.25, -0.2) is 0 Å². The van der Waals surface area contributed by atoms with E-state index in [2.05, 4.69) is 142 Å². The Morgan fingerprint density at radius 3 is 1.15 bits per heavy atom. The molecule has 0 aromatic rings. The molecule has 6 nitrogen and oxygen atoms in total. The first kappa shape index (κ1) is 63.5. The summed E-state index contributed by atoms with van der Waals surface area (Å²) in [6, 6.07) is 0. The second kappa shape index (κ2) is 55.1. The summed E-state index contributed by atoms with van der Waals surface area (Å²) in [7, 11) is 0. The highest BCUT2D eigenvalue weighted by atomic mass is 16.6. The van der Waals surface area contributed by atoms with Gasteiger partial charge in [-0.3, -0.25) is 14.4 Å². The van der Waals surface area contributed by atoms with Crippen molar-refractivity contribution in [3.63, 3.8) is 0 Å². The molecule has 0 aromatic heterocycles. The lowest BCUT2D eigenvalue weighted by molar-refractivity contribution is -0.166. The lowest BCUT2D eigenvalue weighted by atomic mass is 10.1. The Bertz CT molecular complexity index is 1500. The van der Waals surface area contributed by atoms with Crippen molar-refractivity contribution in [2.24, 2.45) is 0 Å². The van der Waals surface area contributed by atoms with Crippen LogP contribution in [0.1, 0.15) is 220 Å². The SMILES string of the molecule is CC\C=C/C=C\C=C/CCCCCCCCCC(=O)OCC(COC(=O)CC/C=C\C/C=C\C/C=C\C/C=C\C/C=C\C/C=C\CC)OC(=O)CCCCC/C=C\C=C/CCCCCCCCC. The third kappa shape index (κ3) is 52.5. The molecule has 0 amide bonds. The van der Waals surface area contributed by atoms with Gasteiger partial charge in [0.1, 0.15) is 13.2 Å². The van der Waals surface area contributed by atoms with E-state index < -0.39 is 6.10 Å². The van der Waals surface area contributed by atoms with Crippen molar-refractivity contribution in [2.45, 2.75) is 226 Å². The van der Waals surface area contributed by atoms with Crippen LogP contribution in [-0.4, -0.2) is 37.2 Å². The van der Waals surface area contributed by atoms with E-state index in [-0.39, 0.29) is 44.0 Å². The van der Waals surface area contributed by atoms with Gasteiger partial charge in [-0.1, -0.05) is 231 Å². The van der Waals surface area contributed by atoms with Gasteiger partial charge in [0.15, 0.2) is 6.10 Å². The predicted octanol–water partition coefficient (Wildman–Crippen LogP) is 18.3. The van der Waals surface area contributed by atoms with Crippen molar-refractivity contribution < 1.29 is 28.6 Å². The van der Waals surface area contributed by atoms with Crippen molar-refractivity contribution in [1.29, 1.82) is 0 Å². The maximum absolute atomic E-state index is 12.8. The third-order valence-corrected chi connectivity index (χ3v) is 11.0. The van der Waals surface area contributed by atoms with Gasteiger partial charge in [-0.15, -0.1) is 0 Å². The van der Waals surface area contributed by atoms with Crippen molar-refractivity contribution in [1.82, 2.24) is 0 Å². The molecule has 0 saturated carbocycles. The van der Waals surface area contributed by atoms with E-state index in [1.165, 1.54) is 64.2 Å². The van der Waals surface area contributed by atoms with E-state index in [0.29, 0.717) is 19.3 Å². The molecule has 0 rings (SSSR count). The lowest BCUT2D eigenvalue weighted by Crippen LogP contribution is -2.30. The zero-order chi connectivity index (χ0) is 49.3. The van der Waals surface area contributed by atoms with Crippen LogP contribution in [0.3, 0.4) is 0 Å². The Labute approximate surface area is 417 Å². The molecule has 0 spiro atoms. The first-order valence-electron chi connectivity index (χ1n) is 27.2. The number of ether oxygens (including phenoxy) is 3.